The summed E-state index contributed by atoms with van der Waals surface area (Å²) in [6, 6.07) is 7.61. The summed E-state index contributed by atoms with van der Waals surface area (Å²) in [7, 11) is -3.55. The van der Waals surface area contributed by atoms with Crippen molar-refractivity contribution in [2.45, 2.75) is 36.6 Å². The molecule has 0 spiro atoms. The van der Waals surface area contributed by atoms with Crippen LogP contribution in [0.25, 0.3) is 0 Å². The molecule has 2 aliphatic rings. The van der Waals surface area contributed by atoms with Crippen molar-refractivity contribution in [1.82, 2.24) is 14.5 Å². The van der Waals surface area contributed by atoms with Crippen molar-refractivity contribution in [3.05, 3.63) is 30.3 Å². The van der Waals surface area contributed by atoms with Gasteiger partial charge in [-0.1, -0.05) is 18.2 Å². The number of urea groups is 1. The summed E-state index contributed by atoms with van der Waals surface area (Å²) < 4.78 is 27.6. The molecule has 2 aliphatic heterocycles. The third-order valence-electron chi connectivity index (χ3n) is 5.26. The van der Waals surface area contributed by atoms with E-state index in [-0.39, 0.29) is 22.8 Å². The van der Waals surface area contributed by atoms with Crippen molar-refractivity contribution in [1.29, 1.82) is 0 Å². The summed E-state index contributed by atoms with van der Waals surface area (Å²) >= 11 is 0. The van der Waals surface area contributed by atoms with Crippen LogP contribution in [0.3, 0.4) is 0 Å². The number of nitrogens with zero attached hydrogens (tertiary/aromatic N) is 2. The van der Waals surface area contributed by atoms with Crippen LogP contribution in [0.5, 0.6) is 0 Å². The Morgan fingerprint density at radius 3 is 2.30 bits per heavy atom. The highest BCUT2D eigenvalue weighted by Gasteiger charge is 2.33. The number of carbonyl (C=O) groups excluding carboxylic acids is 2. The van der Waals surface area contributed by atoms with E-state index in [9.17, 15) is 18.0 Å². The summed E-state index contributed by atoms with van der Waals surface area (Å²) in [5.41, 5.74) is 5.33. The highest BCUT2D eigenvalue weighted by Crippen LogP contribution is 2.22. The number of nitrogens with two attached hydrogens (primary N) is 1. The zero-order valence-corrected chi connectivity index (χ0v) is 16.0. The average Bonchev–Trinajstić information content (AvgIpc) is 2.68. The normalized spacial score (nSPS) is 21.9. The van der Waals surface area contributed by atoms with Crippen LogP contribution >= 0.6 is 0 Å². The van der Waals surface area contributed by atoms with Gasteiger partial charge in [0.1, 0.15) is 0 Å². The Morgan fingerprint density at radius 2 is 1.67 bits per heavy atom. The van der Waals surface area contributed by atoms with Crippen molar-refractivity contribution < 1.29 is 18.0 Å². The van der Waals surface area contributed by atoms with Gasteiger partial charge >= 0.3 is 6.03 Å². The van der Waals surface area contributed by atoms with Crippen molar-refractivity contribution in [3.8, 4) is 0 Å². The molecule has 8 nitrogen and oxygen atoms in total. The molecule has 2 saturated heterocycles. The Bertz CT molecular complexity index is 776. The lowest BCUT2D eigenvalue weighted by molar-refractivity contribution is -0.138. The minimum Gasteiger partial charge on any atom is -0.351 e. The number of benzene rings is 1. The van der Waals surface area contributed by atoms with E-state index in [4.69, 9.17) is 5.73 Å². The van der Waals surface area contributed by atoms with Gasteiger partial charge in [-0.15, -0.1) is 0 Å². The van der Waals surface area contributed by atoms with E-state index in [2.05, 4.69) is 4.72 Å². The van der Waals surface area contributed by atoms with Gasteiger partial charge in [-0.25, -0.2) is 17.9 Å². The molecule has 0 aromatic heterocycles. The number of sulfonamides is 1. The fourth-order valence-corrected chi connectivity index (χ4v) is 5.07. The first-order chi connectivity index (χ1) is 12.9. The van der Waals surface area contributed by atoms with Crippen molar-refractivity contribution >= 4 is 22.0 Å². The number of hydrogen-bond donors (Lipinski definition) is 2. The maximum atomic E-state index is 12.7. The molecule has 3 amide bonds. The minimum atomic E-state index is -3.55. The number of rotatable bonds is 4. The maximum absolute atomic E-state index is 12.7. The number of hydrogen-bond acceptors (Lipinski definition) is 4. The number of nitrogens with one attached hydrogen (secondary N) is 1. The largest absolute Gasteiger partial charge is 0.351 e. The molecule has 3 rings (SSSR count). The number of primary amides is 1. The second-order valence-electron chi connectivity index (χ2n) is 7.16. The molecular weight excluding hydrogens is 368 g/mol. The first kappa shape index (κ1) is 19.6. The van der Waals surface area contributed by atoms with E-state index in [1.165, 1.54) is 4.90 Å². The lowest BCUT2D eigenvalue weighted by Crippen LogP contribution is -2.51. The van der Waals surface area contributed by atoms with Crippen LogP contribution in [0.4, 0.5) is 4.79 Å². The molecule has 0 bridgehead atoms. The topological polar surface area (TPSA) is 113 Å². The fraction of sp³-hybridized carbons (Fsp3) is 0.556. The average molecular weight is 394 g/mol. The van der Waals surface area contributed by atoms with Crippen LogP contribution in [-0.4, -0.2) is 62.4 Å². The Kier molecular flexibility index (Phi) is 6.01. The van der Waals surface area contributed by atoms with Gasteiger partial charge in [0, 0.05) is 32.2 Å². The van der Waals surface area contributed by atoms with Crippen molar-refractivity contribution in [3.63, 3.8) is 0 Å². The van der Waals surface area contributed by atoms with Crippen LogP contribution in [0.2, 0.25) is 0 Å². The Balaban J connectivity index is 1.53. The highest BCUT2D eigenvalue weighted by molar-refractivity contribution is 7.89. The summed E-state index contributed by atoms with van der Waals surface area (Å²) in [5, 5.41) is 0. The molecule has 2 heterocycles. The molecule has 1 aromatic carbocycles. The molecule has 9 heteroatoms. The van der Waals surface area contributed by atoms with E-state index in [0.717, 1.165) is 12.8 Å². The lowest BCUT2D eigenvalue weighted by Gasteiger charge is -2.37. The van der Waals surface area contributed by atoms with Gasteiger partial charge in [0.05, 0.1) is 10.8 Å². The summed E-state index contributed by atoms with van der Waals surface area (Å²) in [6.07, 6.45) is 2.67. The number of amides is 3. The van der Waals surface area contributed by atoms with Gasteiger partial charge in [-0.05, 0) is 37.8 Å². The molecule has 1 aromatic rings. The van der Waals surface area contributed by atoms with Crippen LogP contribution < -0.4 is 10.5 Å². The molecular formula is C18H26N4O4S. The predicted molar refractivity (Wildman–Crippen MR) is 100 cm³/mol. The molecule has 0 saturated carbocycles. The Labute approximate surface area is 159 Å². The Morgan fingerprint density at radius 1 is 1.00 bits per heavy atom. The number of likely N-dealkylation sites (tertiary alicyclic amines) is 2. The van der Waals surface area contributed by atoms with Gasteiger partial charge in [0.25, 0.3) is 0 Å². The molecule has 148 valence electrons. The van der Waals surface area contributed by atoms with Crippen molar-refractivity contribution in [2.24, 2.45) is 11.7 Å². The molecule has 0 aliphatic carbocycles. The van der Waals surface area contributed by atoms with E-state index in [1.54, 1.807) is 35.2 Å². The zero-order chi connectivity index (χ0) is 19.4. The van der Waals surface area contributed by atoms with Crippen LogP contribution in [-0.2, 0) is 14.8 Å². The Hall–Kier alpha value is -2.13. The van der Waals surface area contributed by atoms with Crippen molar-refractivity contribution in [2.75, 3.05) is 26.2 Å². The van der Waals surface area contributed by atoms with E-state index < -0.39 is 16.1 Å². The number of carbonyl (C=O) groups is 2. The molecule has 3 N–H and O–H groups in total. The van der Waals surface area contributed by atoms with Crippen LogP contribution in [0.1, 0.15) is 25.7 Å². The van der Waals surface area contributed by atoms with Crippen LogP contribution in [0.15, 0.2) is 35.2 Å². The molecule has 1 atom stereocenters. The molecule has 1 unspecified atom stereocenters. The van der Waals surface area contributed by atoms with E-state index >= 15 is 0 Å². The van der Waals surface area contributed by atoms with Gasteiger partial charge in [0.15, 0.2) is 0 Å². The van der Waals surface area contributed by atoms with Crippen LogP contribution in [0, 0.1) is 5.92 Å². The lowest BCUT2D eigenvalue weighted by atomic mass is 9.95. The van der Waals surface area contributed by atoms with Gasteiger partial charge in [0.2, 0.25) is 15.9 Å². The maximum Gasteiger partial charge on any atom is 0.314 e. The fourth-order valence-electron chi connectivity index (χ4n) is 3.74. The summed E-state index contributed by atoms with van der Waals surface area (Å²) in [4.78, 5) is 27.6. The predicted octanol–water partition coefficient (Wildman–Crippen LogP) is 0.747. The minimum absolute atomic E-state index is 0.0327. The zero-order valence-electron chi connectivity index (χ0n) is 15.2. The quantitative estimate of drug-likeness (QED) is 0.784. The summed E-state index contributed by atoms with van der Waals surface area (Å²) in [6.45, 7) is 1.99. The monoisotopic (exact) mass is 394 g/mol. The molecule has 27 heavy (non-hydrogen) atoms. The molecule has 2 fully saturated rings. The first-order valence-electron chi connectivity index (χ1n) is 9.27. The first-order valence-corrected chi connectivity index (χ1v) is 10.8. The number of piperidine rings is 2. The highest BCUT2D eigenvalue weighted by atomic mass is 32.2. The SMILES string of the molecule is NC(=O)N1CCCC(C(=O)N2CCC(NS(=O)(=O)c3ccccc3)CC2)C1. The van der Waals surface area contributed by atoms with E-state index in [0.29, 0.717) is 39.0 Å². The second-order valence-corrected chi connectivity index (χ2v) is 8.87. The smallest absolute Gasteiger partial charge is 0.314 e. The third kappa shape index (κ3) is 4.78. The van der Waals surface area contributed by atoms with Gasteiger partial charge in [-0.2, -0.15) is 0 Å². The third-order valence-corrected chi connectivity index (χ3v) is 6.80. The van der Waals surface area contributed by atoms with Gasteiger partial charge in [-0.3, -0.25) is 4.79 Å². The standard InChI is InChI=1S/C18H26N4O4S/c19-18(24)22-10-4-5-14(13-22)17(23)21-11-8-15(9-12-21)20-27(25,26)16-6-2-1-3-7-16/h1-3,6-7,14-15,20H,4-5,8-13H2,(H2,19,24). The second kappa shape index (κ2) is 8.26. The molecule has 0 radical (unpaired) electrons. The van der Waals surface area contributed by atoms with Gasteiger partial charge < -0.3 is 15.5 Å². The van der Waals surface area contributed by atoms with E-state index in [1.807, 2.05) is 0 Å². The summed E-state index contributed by atoms with van der Waals surface area (Å²) in [5.74, 6) is -0.186.